The van der Waals surface area contributed by atoms with E-state index in [9.17, 15) is 20.1 Å². The Labute approximate surface area is 160 Å². The zero-order chi connectivity index (χ0) is 20.0. The summed E-state index contributed by atoms with van der Waals surface area (Å²) in [5.41, 5.74) is 2.92. The molecule has 5 heteroatoms. The third-order valence-corrected chi connectivity index (χ3v) is 4.52. The summed E-state index contributed by atoms with van der Waals surface area (Å²) in [6, 6.07) is 12.8. The number of aromatic hydroxyl groups is 1. The van der Waals surface area contributed by atoms with Gasteiger partial charge in [0, 0.05) is 24.1 Å². The SMILES string of the molecule is CC(=O)Cc1cccc(CC(C)(C)NC[C@H](O)c2ccc(O)c(CO)c2)c1. The third kappa shape index (κ3) is 6.47. The largest absolute Gasteiger partial charge is 0.508 e. The summed E-state index contributed by atoms with van der Waals surface area (Å²) in [5.74, 6) is 0.163. The van der Waals surface area contributed by atoms with E-state index >= 15 is 0 Å². The molecule has 0 unspecified atom stereocenters. The molecule has 0 aliphatic rings. The predicted molar refractivity (Wildman–Crippen MR) is 106 cm³/mol. The Hall–Kier alpha value is -2.21. The number of Topliss-reactive ketones (excluding diaryl/α,β-unsaturated/α-hetero) is 1. The molecule has 0 heterocycles. The van der Waals surface area contributed by atoms with E-state index < -0.39 is 6.10 Å². The summed E-state index contributed by atoms with van der Waals surface area (Å²) < 4.78 is 0. The molecule has 0 aliphatic carbocycles. The van der Waals surface area contributed by atoms with Crippen LogP contribution in [0.2, 0.25) is 0 Å². The fourth-order valence-corrected chi connectivity index (χ4v) is 3.14. The van der Waals surface area contributed by atoms with Crippen LogP contribution in [0.15, 0.2) is 42.5 Å². The quantitative estimate of drug-likeness (QED) is 0.544. The van der Waals surface area contributed by atoms with Crippen LogP contribution in [-0.2, 0) is 24.2 Å². The fourth-order valence-electron chi connectivity index (χ4n) is 3.14. The van der Waals surface area contributed by atoms with E-state index in [1.165, 1.54) is 6.07 Å². The minimum atomic E-state index is -0.751. The molecule has 0 aliphatic heterocycles. The summed E-state index contributed by atoms with van der Waals surface area (Å²) in [4.78, 5) is 11.3. The predicted octanol–water partition coefficient (Wildman–Crippen LogP) is 2.66. The third-order valence-electron chi connectivity index (χ3n) is 4.52. The van der Waals surface area contributed by atoms with E-state index in [2.05, 4.69) is 25.2 Å². The molecule has 1 atom stereocenters. The lowest BCUT2D eigenvalue weighted by atomic mass is 9.93. The number of carbonyl (C=O) groups is 1. The van der Waals surface area contributed by atoms with Gasteiger partial charge in [0.25, 0.3) is 0 Å². The Kier molecular flexibility index (Phi) is 7.13. The number of benzene rings is 2. The molecule has 0 aromatic heterocycles. The van der Waals surface area contributed by atoms with Crippen LogP contribution in [0.4, 0.5) is 0 Å². The van der Waals surface area contributed by atoms with E-state index in [0.29, 0.717) is 24.1 Å². The highest BCUT2D eigenvalue weighted by Crippen LogP contribution is 2.23. The van der Waals surface area contributed by atoms with Gasteiger partial charge in [0.05, 0.1) is 12.7 Å². The van der Waals surface area contributed by atoms with Crippen LogP contribution < -0.4 is 5.32 Å². The van der Waals surface area contributed by atoms with Gasteiger partial charge >= 0.3 is 0 Å². The van der Waals surface area contributed by atoms with Crippen molar-refractivity contribution in [1.29, 1.82) is 0 Å². The Balaban J connectivity index is 1.98. The molecule has 0 radical (unpaired) electrons. The highest BCUT2D eigenvalue weighted by Gasteiger charge is 2.20. The van der Waals surface area contributed by atoms with Gasteiger partial charge in [-0.15, -0.1) is 0 Å². The first kappa shape index (κ1) is 21.1. The number of aliphatic hydroxyl groups is 2. The molecule has 0 fully saturated rings. The topological polar surface area (TPSA) is 89.8 Å². The van der Waals surface area contributed by atoms with Crippen molar-refractivity contribution in [2.24, 2.45) is 0 Å². The average molecular weight is 371 g/mol. The first-order valence-electron chi connectivity index (χ1n) is 9.13. The lowest BCUT2D eigenvalue weighted by Crippen LogP contribution is -2.43. The summed E-state index contributed by atoms with van der Waals surface area (Å²) in [6.45, 7) is 5.78. The van der Waals surface area contributed by atoms with Crippen molar-refractivity contribution >= 4 is 5.78 Å². The van der Waals surface area contributed by atoms with Crippen LogP contribution in [0.3, 0.4) is 0 Å². The first-order valence-corrected chi connectivity index (χ1v) is 9.13. The summed E-state index contributed by atoms with van der Waals surface area (Å²) in [6.07, 6.45) is 0.441. The molecule has 0 amide bonds. The summed E-state index contributed by atoms with van der Waals surface area (Å²) in [5, 5.41) is 32.7. The Morgan fingerprint density at radius 3 is 2.52 bits per heavy atom. The number of aliphatic hydroxyl groups excluding tert-OH is 2. The number of carbonyl (C=O) groups excluding carboxylic acids is 1. The number of nitrogens with one attached hydrogen (secondary N) is 1. The number of hydrogen-bond acceptors (Lipinski definition) is 5. The molecule has 27 heavy (non-hydrogen) atoms. The van der Waals surface area contributed by atoms with Gasteiger partial charge in [0.1, 0.15) is 11.5 Å². The van der Waals surface area contributed by atoms with E-state index in [1.807, 2.05) is 18.2 Å². The maximum atomic E-state index is 11.3. The van der Waals surface area contributed by atoms with E-state index in [0.717, 1.165) is 17.5 Å². The Morgan fingerprint density at radius 1 is 1.15 bits per heavy atom. The second-order valence-corrected chi connectivity index (χ2v) is 7.70. The van der Waals surface area contributed by atoms with Crippen LogP contribution >= 0.6 is 0 Å². The second-order valence-electron chi connectivity index (χ2n) is 7.70. The van der Waals surface area contributed by atoms with Gasteiger partial charge in [-0.3, -0.25) is 4.79 Å². The molecule has 0 spiro atoms. The van der Waals surface area contributed by atoms with Crippen molar-refractivity contribution in [3.05, 3.63) is 64.7 Å². The molecule has 4 N–H and O–H groups in total. The number of hydrogen-bond donors (Lipinski definition) is 4. The normalized spacial score (nSPS) is 12.8. The van der Waals surface area contributed by atoms with Crippen molar-refractivity contribution in [2.75, 3.05) is 6.54 Å². The van der Waals surface area contributed by atoms with Crippen molar-refractivity contribution in [3.8, 4) is 5.75 Å². The van der Waals surface area contributed by atoms with Crippen LogP contribution in [0.25, 0.3) is 0 Å². The van der Waals surface area contributed by atoms with E-state index in [4.69, 9.17) is 0 Å². The van der Waals surface area contributed by atoms with Gasteiger partial charge < -0.3 is 20.6 Å². The van der Waals surface area contributed by atoms with Gasteiger partial charge in [-0.25, -0.2) is 0 Å². The van der Waals surface area contributed by atoms with E-state index in [1.54, 1.807) is 19.1 Å². The molecular weight excluding hydrogens is 342 g/mol. The number of β-amino-alcohol motifs (C(OH)–C–C–N with tert-alkyl or cyclic N) is 1. The molecule has 5 nitrogen and oxygen atoms in total. The maximum Gasteiger partial charge on any atom is 0.134 e. The minimum Gasteiger partial charge on any atom is -0.508 e. The molecule has 146 valence electrons. The summed E-state index contributed by atoms with van der Waals surface area (Å²) in [7, 11) is 0. The summed E-state index contributed by atoms with van der Waals surface area (Å²) >= 11 is 0. The van der Waals surface area contributed by atoms with Gasteiger partial charge in [-0.05, 0) is 56.0 Å². The Bertz CT molecular complexity index is 786. The molecular formula is C22H29NO4. The van der Waals surface area contributed by atoms with Gasteiger partial charge in [0.2, 0.25) is 0 Å². The van der Waals surface area contributed by atoms with Crippen molar-refractivity contribution in [3.63, 3.8) is 0 Å². The monoisotopic (exact) mass is 371 g/mol. The molecule has 0 saturated heterocycles. The first-order chi connectivity index (χ1) is 12.7. The van der Waals surface area contributed by atoms with Crippen molar-refractivity contribution < 1.29 is 20.1 Å². The van der Waals surface area contributed by atoms with Crippen molar-refractivity contribution in [1.82, 2.24) is 5.32 Å². The molecule has 2 aromatic carbocycles. The minimum absolute atomic E-state index is 0.0205. The van der Waals surface area contributed by atoms with Crippen LogP contribution in [0.5, 0.6) is 5.75 Å². The zero-order valence-electron chi connectivity index (χ0n) is 16.2. The second kappa shape index (κ2) is 9.13. The molecule has 0 saturated carbocycles. The van der Waals surface area contributed by atoms with E-state index in [-0.39, 0.29) is 23.7 Å². The maximum absolute atomic E-state index is 11.3. The molecule has 2 aromatic rings. The highest BCUT2D eigenvalue weighted by atomic mass is 16.3. The van der Waals surface area contributed by atoms with Crippen LogP contribution in [0, 0.1) is 0 Å². The molecule has 2 rings (SSSR count). The number of ketones is 1. The standard InChI is InChI=1S/C22H29NO4/c1-15(25)9-16-5-4-6-17(10-16)12-22(2,3)23-13-21(27)18-7-8-20(26)19(11-18)14-24/h4-8,10-11,21,23-24,26-27H,9,12-14H2,1-3H3/t21-/m0/s1. The van der Waals surface area contributed by atoms with Crippen molar-refractivity contribution in [2.45, 2.75) is 51.9 Å². The highest BCUT2D eigenvalue weighted by molar-refractivity contribution is 5.78. The fraction of sp³-hybridized carbons (Fsp3) is 0.409. The zero-order valence-corrected chi connectivity index (χ0v) is 16.2. The Morgan fingerprint density at radius 2 is 1.85 bits per heavy atom. The van der Waals surface area contributed by atoms with Crippen LogP contribution in [0.1, 0.15) is 49.1 Å². The van der Waals surface area contributed by atoms with Crippen LogP contribution in [-0.4, -0.2) is 33.2 Å². The number of rotatable bonds is 9. The smallest absolute Gasteiger partial charge is 0.134 e. The average Bonchev–Trinajstić information content (AvgIpc) is 2.59. The lowest BCUT2D eigenvalue weighted by molar-refractivity contribution is -0.116. The lowest BCUT2D eigenvalue weighted by Gasteiger charge is -2.28. The number of phenols is 1. The van der Waals surface area contributed by atoms with Gasteiger partial charge in [0.15, 0.2) is 0 Å². The van der Waals surface area contributed by atoms with Gasteiger partial charge in [-0.1, -0.05) is 30.3 Å². The van der Waals surface area contributed by atoms with Gasteiger partial charge in [-0.2, -0.15) is 0 Å². The molecule has 0 bridgehead atoms.